The lowest BCUT2D eigenvalue weighted by molar-refractivity contribution is -0.152. The van der Waals surface area contributed by atoms with Crippen molar-refractivity contribution in [3.63, 3.8) is 0 Å². The van der Waals surface area contributed by atoms with E-state index in [0.29, 0.717) is 31.8 Å². The van der Waals surface area contributed by atoms with Crippen LogP contribution >= 0.6 is 0 Å². The maximum absolute atomic E-state index is 12.9. The summed E-state index contributed by atoms with van der Waals surface area (Å²) in [6, 6.07) is 0. The number of hydrogen-bond donors (Lipinski definition) is 0. The zero-order chi connectivity index (χ0) is 39.4. The first kappa shape index (κ1) is 49.5. The second kappa shape index (κ2) is 35.5. The molecule has 0 saturated heterocycles. The Kier molecular flexibility index (Phi) is 32.0. The van der Waals surface area contributed by atoms with Crippen molar-refractivity contribution in [1.29, 1.82) is 0 Å². The molecule has 7 heteroatoms. The van der Waals surface area contributed by atoms with Crippen LogP contribution in [0.2, 0.25) is 0 Å². The highest BCUT2D eigenvalue weighted by atomic mass is 16.5. The molecule has 2 saturated carbocycles. The van der Waals surface area contributed by atoms with Crippen LogP contribution < -0.4 is 0 Å². The van der Waals surface area contributed by atoms with Gasteiger partial charge in [0, 0.05) is 19.3 Å². The van der Waals surface area contributed by atoms with E-state index in [1.54, 1.807) is 0 Å². The van der Waals surface area contributed by atoms with Gasteiger partial charge in [0.1, 0.15) is 12.2 Å². The topological polar surface area (TPSA) is 82.1 Å². The molecule has 0 radical (unpaired) electrons. The molecule has 0 heterocycles. The van der Waals surface area contributed by atoms with Gasteiger partial charge in [-0.3, -0.25) is 14.4 Å². The second-order valence-corrected chi connectivity index (χ2v) is 17.8. The summed E-state index contributed by atoms with van der Waals surface area (Å²) in [6.45, 7) is 1.42. The molecule has 7 nitrogen and oxygen atoms in total. The predicted octanol–water partition coefficient (Wildman–Crippen LogP) is 13.4. The smallest absolute Gasteiger partial charge is 0.306 e. The van der Waals surface area contributed by atoms with E-state index >= 15 is 0 Å². The van der Waals surface area contributed by atoms with Crippen molar-refractivity contribution in [2.45, 2.75) is 256 Å². The standard InChI is InChI=1S/C48H89NO6/c1-49(2)41-31-40-48(52)55-45(37-28-30-39-47(51)54-44-34-25-21-17-13-9-5-6-10-14-18-22-26-35-44)36-27-29-38-46(50)53-42-43-32-23-19-15-11-7-3-4-8-12-16-20-24-33-43/h43-45H,3-42H2,1-2H3. The third kappa shape index (κ3) is 31.1. The molecule has 0 bridgehead atoms. The van der Waals surface area contributed by atoms with Gasteiger partial charge in [-0.05, 0) is 110 Å². The van der Waals surface area contributed by atoms with E-state index in [-0.39, 0.29) is 30.1 Å². The monoisotopic (exact) mass is 776 g/mol. The molecule has 0 N–H and O–H groups in total. The maximum Gasteiger partial charge on any atom is 0.306 e. The van der Waals surface area contributed by atoms with Crippen LogP contribution in [-0.4, -0.2) is 62.3 Å². The summed E-state index contributed by atoms with van der Waals surface area (Å²) >= 11 is 0. The lowest BCUT2D eigenvalue weighted by atomic mass is 9.95. The van der Waals surface area contributed by atoms with Crippen molar-refractivity contribution in [2.75, 3.05) is 27.2 Å². The van der Waals surface area contributed by atoms with Crippen LogP contribution in [0.4, 0.5) is 0 Å². The lowest BCUT2D eigenvalue weighted by Gasteiger charge is -2.20. The number of rotatable bonds is 18. The van der Waals surface area contributed by atoms with E-state index in [4.69, 9.17) is 14.2 Å². The Hall–Kier alpha value is -1.63. The van der Waals surface area contributed by atoms with Crippen molar-refractivity contribution in [2.24, 2.45) is 5.92 Å². The zero-order valence-electron chi connectivity index (χ0n) is 36.4. The van der Waals surface area contributed by atoms with Crippen molar-refractivity contribution in [3.8, 4) is 0 Å². The van der Waals surface area contributed by atoms with Gasteiger partial charge in [-0.1, -0.05) is 141 Å². The quantitative estimate of drug-likeness (QED) is 0.0779. The van der Waals surface area contributed by atoms with Gasteiger partial charge in [0.25, 0.3) is 0 Å². The highest BCUT2D eigenvalue weighted by Gasteiger charge is 2.18. The number of hydrogen-bond acceptors (Lipinski definition) is 7. The molecule has 322 valence electrons. The minimum atomic E-state index is -0.184. The van der Waals surface area contributed by atoms with Crippen LogP contribution in [0.3, 0.4) is 0 Å². The summed E-state index contributed by atoms with van der Waals surface area (Å²) in [5, 5.41) is 0. The summed E-state index contributed by atoms with van der Waals surface area (Å²) in [5.74, 6) is 0.182. The molecular weight excluding hydrogens is 687 g/mol. The lowest BCUT2D eigenvalue weighted by Crippen LogP contribution is -2.21. The molecule has 0 spiro atoms. The number of ether oxygens (including phenoxy) is 3. The number of unbranched alkanes of at least 4 members (excludes halogenated alkanes) is 2. The molecule has 1 unspecified atom stereocenters. The van der Waals surface area contributed by atoms with E-state index in [1.165, 1.54) is 154 Å². The highest BCUT2D eigenvalue weighted by Crippen LogP contribution is 2.23. The van der Waals surface area contributed by atoms with Gasteiger partial charge < -0.3 is 19.1 Å². The molecule has 0 aromatic rings. The van der Waals surface area contributed by atoms with E-state index in [2.05, 4.69) is 4.90 Å². The fourth-order valence-corrected chi connectivity index (χ4v) is 8.58. The number of carbonyl (C=O) groups excluding carboxylic acids is 3. The van der Waals surface area contributed by atoms with Gasteiger partial charge in [0.15, 0.2) is 0 Å². The zero-order valence-corrected chi connectivity index (χ0v) is 36.4. The first-order valence-electron chi connectivity index (χ1n) is 24.1. The van der Waals surface area contributed by atoms with Crippen LogP contribution in [0.1, 0.15) is 244 Å². The molecule has 0 amide bonds. The molecule has 0 aromatic heterocycles. The maximum atomic E-state index is 12.9. The van der Waals surface area contributed by atoms with E-state index in [1.807, 2.05) is 14.1 Å². The molecule has 2 fully saturated rings. The number of carbonyl (C=O) groups is 3. The van der Waals surface area contributed by atoms with Gasteiger partial charge in [-0.15, -0.1) is 0 Å². The van der Waals surface area contributed by atoms with Crippen LogP contribution in [0.5, 0.6) is 0 Å². The van der Waals surface area contributed by atoms with Crippen molar-refractivity contribution < 1.29 is 28.6 Å². The molecule has 2 aliphatic rings. The van der Waals surface area contributed by atoms with Crippen molar-refractivity contribution >= 4 is 17.9 Å². The first-order chi connectivity index (χ1) is 26.9. The Morgan fingerprint density at radius 1 is 0.473 bits per heavy atom. The Balaban J connectivity index is 1.74. The van der Waals surface area contributed by atoms with Gasteiger partial charge in [0.2, 0.25) is 0 Å². The van der Waals surface area contributed by atoms with Crippen LogP contribution in [0.25, 0.3) is 0 Å². The van der Waals surface area contributed by atoms with Gasteiger partial charge in [-0.2, -0.15) is 0 Å². The molecule has 0 aromatic carbocycles. The second-order valence-electron chi connectivity index (χ2n) is 17.8. The van der Waals surface area contributed by atoms with E-state index in [9.17, 15) is 14.4 Å². The Labute approximate surface area is 339 Å². The molecule has 0 aliphatic heterocycles. The van der Waals surface area contributed by atoms with Crippen molar-refractivity contribution in [1.82, 2.24) is 4.90 Å². The SMILES string of the molecule is CN(C)CCCC(=O)OC(CCCCC(=O)OCC1CCCCCCCCCCCCCC1)CCCCC(=O)OC1CCCCCCCCCCCCCC1. The van der Waals surface area contributed by atoms with Crippen LogP contribution in [0, 0.1) is 5.92 Å². The largest absolute Gasteiger partial charge is 0.465 e. The fourth-order valence-electron chi connectivity index (χ4n) is 8.58. The van der Waals surface area contributed by atoms with E-state index < -0.39 is 0 Å². The molecule has 55 heavy (non-hydrogen) atoms. The molecular formula is C48H89NO6. The summed E-state index contributed by atoms with van der Waals surface area (Å²) < 4.78 is 17.9. The highest BCUT2D eigenvalue weighted by molar-refractivity contribution is 5.70. The van der Waals surface area contributed by atoms with Gasteiger partial charge in [-0.25, -0.2) is 0 Å². The summed E-state index contributed by atoms with van der Waals surface area (Å²) in [5.41, 5.74) is 0. The Morgan fingerprint density at radius 3 is 1.29 bits per heavy atom. The normalized spacial score (nSPS) is 19.9. The average Bonchev–Trinajstić information content (AvgIpc) is 3.18. The molecule has 2 aliphatic carbocycles. The fraction of sp³-hybridized carbons (Fsp3) is 0.938. The third-order valence-corrected chi connectivity index (χ3v) is 12.2. The summed E-state index contributed by atoms with van der Waals surface area (Å²) in [7, 11) is 4.03. The Morgan fingerprint density at radius 2 is 0.855 bits per heavy atom. The van der Waals surface area contributed by atoms with Crippen molar-refractivity contribution in [3.05, 3.63) is 0 Å². The molecule has 1 atom stereocenters. The average molecular weight is 776 g/mol. The minimum absolute atomic E-state index is 0.0548. The van der Waals surface area contributed by atoms with Crippen LogP contribution in [0.15, 0.2) is 0 Å². The van der Waals surface area contributed by atoms with Gasteiger partial charge in [0.05, 0.1) is 6.61 Å². The van der Waals surface area contributed by atoms with Crippen LogP contribution in [-0.2, 0) is 28.6 Å². The number of nitrogens with zero attached hydrogens (tertiary/aromatic N) is 1. The predicted molar refractivity (Wildman–Crippen MR) is 228 cm³/mol. The first-order valence-corrected chi connectivity index (χ1v) is 24.1. The van der Waals surface area contributed by atoms with E-state index in [0.717, 1.165) is 77.2 Å². The minimum Gasteiger partial charge on any atom is -0.465 e. The summed E-state index contributed by atoms with van der Waals surface area (Å²) in [4.78, 5) is 40.5. The Bertz CT molecular complexity index is 892. The summed E-state index contributed by atoms with van der Waals surface area (Å²) in [6.07, 6.45) is 42.5. The molecule has 2 rings (SSSR count). The third-order valence-electron chi connectivity index (χ3n) is 12.2. The number of esters is 3. The van der Waals surface area contributed by atoms with Gasteiger partial charge >= 0.3 is 17.9 Å².